The van der Waals surface area contributed by atoms with Crippen molar-refractivity contribution >= 4 is 11.8 Å². The number of allylic oxidation sites excluding steroid dienone is 4. The van der Waals surface area contributed by atoms with Crippen molar-refractivity contribution in [3.63, 3.8) is 0 Å². The zero-order chi connectivity index (χ0) is 20.4. The normalized spacial score (nSPS) is 43.8. The van der Waals surface area contributed by atoms with E-state index in [2.05, 4.69) is 46.4 Å². The Kier molecular flexibility index (Phi) is 4.52. The second kappa shape index (κ2) is 6.43. The summed E-state index contributed by atoms with van der Waals surface area (Å²) in [6, 6.07) is 0. The minimum Gasteiger partial charge on any atom is -0.461 e. The lowest BCUT2D eigenvalue weighted by atomic mass is 9.38. The average Bonchev–Trinajstić information content (AvgIpc) is 2.92. The highest BCUT2D eigenvalue weighted by molar-refractivity contribution is 5.93. The first-order chi connectivity index (χ1) is 13.1. The monoisotopic (exact) mass is 382 g/mol. The van der Waals surface area contributed by atoms with E-state index in [0.717, 1.165) is 32.1 Å². The van der Waals surface area contributed by atoms with Crippen LogP contribution in [0.1, 0.15) is 66.7 Å². The van der Waals surface area contributed by atoms with Gasteiger partial charge in [-0.3, -0.25) is 9.59 Å². The van der Waals surface area contributed by atoms with Crippen molar-refractivity contribution in [2.45, 2.75) is 72.8 Å². The lowest BCUT2D eigenvalue weighted by Gasteiger charge is -2.64. The smallest absolute Gasteiger partial charge is 0.309 e. The van der Waals surface area contributed by atoms with Crippen LogP contribution in [0, 0.1) is 34.5 Å². The molecule has 3 fully saturated rings. The van der Waals surface area contributed by atoms with Gasteiger partial charge < -0.3 is 4.74 Å². The summed E-state index contributed by atoms with van der Waals surface area (Å²) in [7, 11) is 0. The van der Waals surface area contributed by atoms with Crippen LogP contribution in [0.2, 0.25) is 0 Å². The first-order valence-corrected chi connectivity index (χ1v) is 10.9. The number of esters is 1. The van der Waals surface area contributed by atoms with E-state index in [-0.39, 0.29) is 41.2 Å². The number of ether oxygens (including phenoxy) is 1. The van der Waals surface area contributed by atoms with E-state index >= 15 is 0 Å². The molecule has 0 aromatic carbocycles. The molecule has 3 heteroatoms. The van der Waals surface area contributed by atoms with Crippen molar-refractivity contribution < 1.29 is 14.3 Å². The molecule has 28 heavy (non-hydrogen) atoms. The molecular weight excluding hydrogens is 348 g/mol. The van der Waals surface area contributed by atoms with E-state index in [1.165, 1.54) is 16.7 Å². The summed E-state index contributed by atoms with van der Waals surface area (Å²) < 4.78 is 6.02. The maximum absolute atomic E-state index is 13.7. The third-order valence-electron chi connectivity index (χ3n) is 8.59. The van der Waals surface area contributed by atoms with Crippen LogP contribution in [-0.2, 0) is 14.3 Å². The van der Waals surface area contributed by atoms with Gasteiger partial charge in [0.2, 0.25) is 0 Å². The number of carbonyl (C=O) groups is 2. The summed E-state index contributed by atoms with van der Waals surface area (Å²) in [4.78, 5) is 26.1. The van der Waals surface area contributed by atoms with Crippen LogP contribution in [0.25, 0.3) is 0 Å². The Labute approximate surface area is 169 Å². The van der Waals surface area contributed by atoms with Gasteiger partial charge in [0.15, 0.2) is 0 Å². The summed E-state index contributed by atoms with van der Waals surface area (Å²) in [5, 5.41) is 0. The van der Waals surface area contributed by atoms with Gasteiger partial charge in [0.25, 0.3) is 0 Å². The summed E-state index contributed by atoms with van der Waals surface area (Å²) in [5.41, 5.74) is 2.99. The molecule has 1 heterocycles. The van der Waals surface area contributed by atoms with Crippen LogP contribution in [0.3, 0.4) is 0 Å². The van der Waals surface area contributed by atoms with Crippen LogP contribution < -0.4 is 0 Å². The highest BCUT2D eigenvalue weighted by Gasteiger charge is 2.72. The van der Waals surface area contributed by atoms with Gasteiger partial charge >= 0.3 is 5.97 Å². The minimum absolute atomic E-state index is 0.0582. The van der Waals surface area contributed by atoms with Gasteiger partial charge in [-0.05, 0) is 58.8 Å². The van der Waals surface area contributed by atoms with Crippen LogP contribution in [0.5, 0.6) is 0 Å². The van der Waals surface area contributed by atoms with E-state index < -0.39 is 5.41 Å². The molecule has 0 aromatic rings. The van der Waals surface area contributed by atoms with Gasteiger partial charge in [0.1, 0.15) is 11.9 Å². The third-order valence-corrected chi connectivity index (χ3v) is 8.59. The molecule has 7 atom stereocenters. The molecular formula is C25H34O3. The van der Waals surface area contributed by atoms with Gasteiger partial charge in [-0.15, -0.1) is 0 Å². The Morgan fingerprint density at radius 2 is 2.07 bits per heavy atom. The molecule has 0 aromatic heterocycles. The molecule has 0 radical (unpaired) electrons. The van der Waals surface area contributed by atoms with Crippen LogP contribution in [0.4, 0.5) is 0 Å². The maximum atomic E-state index is 13.7. The van der Waals surface area contributed by atoms with Crippen molar-refractivity contribution in [3.8, 4) is 0 Å². The molecule has 0 N–H and O–H groups in total. The Bertz CT molecular complexity index is 799. The van der Waals surface area contributed by atoms with E-state index in [0.29, 0.717) is 5.78 Å². The molecule has 2 saturated carbocycles. The second-order valence-electron chi connectivity index (χ2n) is 10.2. The minimum atomic E-state index is -0.418. The summed E-state index contributed by atoms with van der Waals surface area (Å²) in [6.45, 7) is 14.9. The second-order valence-corrected chi connectivity index (χ2v) is 10.2. The number of Topliss-reactive ketones (excluding diaryl/α,β-unsaturated/α-hetero) is 1. The lowest BCUT2D eigenvalue weighted by Crippen LogP contribution is -2.66. The predicted octanol–water partition coefficient (Wildman–Crippen LogP) is 5.42. The largest absolute Gasteiger partial charge is 0.461 e. The molecule has 5 rings (SSSR count). The fraction of sp³-hybridized carbons (Fsp3) is 0.680. The highest BCUT2D eigenvalue weighted by atomic mass is 16.6. The highest BCUT2D eigenvalue weighted by Crippen LogP contribution is 2.70. The predicted molar refractivity (Wildman–Crippen MR) is 110 cm³/mol. The third kappa shape index (κ3) is 2.40. The maximum Gasteiger partial charge on any atom is 0.309 e. The average molecular weight is 383 g/mol. The van der Waals surface area contributed by atoms with E-state index in [1.54, 1.807) is 0 Å². The Morgan fingerprint density at radius 3 is 2.75 bits per heavy atom. The quantitative estimate of drug-likeness (QED) is 0.482. The SMILES string of the molecule is C=C(CCC=C(C)C)[C@@H]1C[C@]23C(C)=C[C@H]1C(=O)[C@]2(C)CC[C@H]1[C@H](C)C(=O)O[C@@H]13. The molecule has 3 nitrogen and oxygen atoms in total. The van der Waals surface area contributed by atoms with Crippen molar-refractivity contribution in [2.75, 3.05) is 0 Å². The Morgan fingerprint density at radius 1 is 1.36 bits per heavy atom. The first kappa shape index (κ1) is 19.7. The fourth-order valence-corrected chi connectivity index (χ4v) is 6.89. The number of ketones is 1. The molecule has 152 valence electrons. The van der Waals surface area contributed by atoms with Crippen molar-refractivity contribution in [2.24, 2.45) is 34.5 Å². The standard InChI is InChI=1S/C25H34O3/c1-14(2)8-7-9-15(3)20-13-25-16(4)12-19(20)21(26)24(25,6)11-10-18-17(5)23(27)28-22(18)25/h8,12,17-20,22H,3,7,9-11,13H2,1-2,4-6H3/t17-,18-,19+,20-,22-,24-,25+/m0/s1. The molecule has 4 aliphatic carbocycles. The molecule has 0 unspecified atom stereocenters. The number of rotatable bonds is 4. The first-order valence-electron chi connectivity index (χ1n) is 10.9. The Hall–Kier alpha value is -1.64. The zero-order valence-corrected chi connectivity index (χ0v) is 18.0. The topological polar surface area (TPSA) is 43.4 Å². The van der Waals surface area contributed by atoms with E-state index in [4.69, 9.17) is 4.74 Å². The van der Waals surface area contributed by atoms with Gasteiger partial charge in [0, 0.05) is 22.7 Å². The number of carbonyl (C=O) groups excluding carboxylic acids is 2. The molecule has 1 aliphatic heterocycles. The molecule has 5 aliphatic rings. The van der Waals surface area contributed by atoms with Crippen molar-refractivity contribution in [3.05, 3.63) is 35.5 Å². The summed E-state index contributed by atoms with van der Waals surface area (Å²) in [6.07, 6.45) is 8.85. The van der Waals surface area contributed by atoms with E-state index in [9.17, 15) is 9.59 Å². The lowest BCUT2D eigenvalue weighted by molar-refractivity contribution is -0.180. The van der Waals surface area contributed by atoms with Crippen LogP contribution >= 0.6 is 0 Å². The molecule has 0 amide bonds. The number of hydrogen-bond acceptors (Lipinski definition) is 3. The van der Waals surface area contributed by atoms with Gasteiger partial charge in [-0.25, -0.2) is 0 Å². The Balaban J connectivity index is 1.72. The van der Waals surface area contributed by atoms with Crippen LogP contribution in [0.15, 0.2) is 35.5 Å². The van der Waals surface area contributed by atoms with E-state index in [1.807, 2.05) is 6.92 Å². The van der Waals surface area contributed by atoms with Gasteiger partial charge in [-0.2, -0.15) is 0 Å². The van der Waals surface area contributed by atoms with Crippen LogP contribution in [-0.4, -0.2) is 17.9 Å². The summed E-state index contributed by atoms with van der Waals surface area (Å²) in [5.74, 6) is 0.546. The van der Waals surface area contributed by atoms with Gasteiger partial charge in [-0.1, -0.05) is 49.3 Å². The molecule has 1 spiro atoms. The van der Waals surface area contributed by atoms with Gasteiger partial charge in [0.05, 0.1) is 5.92 Å². The van der Waals surface area contributed by atoms with Crippen molar-refractivity contribution in [1.82, 2.24) is 0 Å². The van der Waals surface area contributed by atoms with Crippen molar-refractivity contribution in [1.29, 1.82) is 0 Å². The fourth-order valence-electron chi connectivity index (χ4n) is 6.89. The molecule has 1 saturated heterocycles. The summed E-state index contributed by atoms with van der Waals surface area (Å²) >= 11 is 0. The number of hydrogen-bond donors (Lipinski definition) is 0. The zero-order valence-electron chi connectivity index (χ0n) is 18.0. The number of fused-ring (bicyclic) bond motifs is 2. The molecule has 2 bridgehead atoms.